The second-order valence-corrected chi connectivity index (χ2v) is 6.41. The predicted molar refractivity (Wildman–Crippen MR) is 100 cm³/mol. The van der Waals surface area contributed by atoms with Crippen LogP contribution >= 0.6 is 11.3 Å². The molecule has 134 valence electrons. The van der Waals surface area contributed by atoms with Crippen LogP contribution in [0.5, 0.6) is 0 Å². The Hall–Kier alpha value is -3.64. The highest BCUT2D eigenvalue weighted by Crippen LogP contribution is 2.18. The Labute approximate surface area is 158 Å². The van der Waals surface area contributed by atoms with E-state index in [1.54, 1.807) is 29.6 Å². The summed E-state index contributed by atoms with van der Waals surface area (Å²) >= 11 is 1.20. The number of anilines is 2. The Morgan fingerprint density at radius 2 is 2.00 bits per heavy atom. The molecule has 1 aromatic carbocycles. The van der Waals surface area contributed by atoms with Gasteiger partial charge in [-0.2, -0.15) is 5.26 Å². The van der Waals surface area contributed by atoms with E-state index in [-0.39, 0.29) is 18.2 Å². The van der Waals surface area contributed by atoms with Crippen molar-refractivity contribution in [3.8, 4) is 6.07 Å². The fraction of sp³-hybridized carbons (Fsp3) is 0.111. The molecule has 2 heterocycles. The van der Waals surface area contributed by atoms with Crippen molar-refractivity contribution in [3.63, 3.8) is 0 Å². The van der Waals surface area contributed by atoms with E-state index in [1.165, 1.54) is 29.7 Å². The highest BCUT2D eigenvalue weighted by atomic mass is 32.1. The number of thiazole rings is 1. The molecule has 27 heavy (non-hydrogen) atoms. The second-order valence-electron chi connectivity index (χ2n) is 5.55. The number of aromatic nitrogens is 1. The quantitative estimate of drug-likeness (QED) is 0.821. The molecule has 0 saturated heterocycles. The number of carbonyl (C=O) groups excluding carboxylic acids is 3. The van der Waals surface area contributed by atoms with Gasteiger partial charge in [-0.15, -0.1) is 11.3 Å². The zero-order chi connectivity index (χ0) is 19.2. The average molecular weight is 379 g/mol. The van der Waals surface area contributed by atoms with Gasteiger partial charge in [-0.05, 0) is 24.3 Å². The first kappa shape index (κ1) is 18.2. The maximum Gasteiger partial charge on any atom is 0.269 e. The molecule has 0 radical (unpaired) electrons. The molecule has 0 saturated carbocycles. The predicted octanol–water partition coefficient (Wildman–Crippen LogP) is 1.92. The van der Waals surface area contributed by atoms with Crippen LogP contribution in [0.25, 0.3) is 0 Å². The highest BCUT2D eigenvalue weighted by Gasteiger charge is 2.18. The maximum absolute atomic E-state index is 12.1. The minimum absolute atomic E-state index is 0.0473. The zero-order valence-electron chi connectivity index (χ0n) is 13.9. The van der Waals surface area contributed by atoms with Crippen LogP contribution in [0.4, 0.5) is 10.8 Å². The summed E-state index contributed by atoms with van der Waals surface area (Å²) in [5.41, 5.74) is 1.61. The van der Waals surface area contributed by atoms with Crippen molar-refractivity contribution in [2.24, 2.45) is 10.9 Å². The van der Waals surface area contributed by atoms with Crippen LogP contribution in [-0.4, -0.2) is 28.9 Å². The van der Waals surface area contributed by atoms with E-state index in [0.29, 0.717) is 22.1 Å². The molecule has 3 rings (SSSR count). The van der Waals surface area contributed by atoms with E-state index in [0.717, 1.165) is 0 Å². The van der Waals surface area contributed by atoms with Gasteiger partial charge in [0.05, 0.1) is 29.7 Å². The summed E-state index contributed by atoms with van der Waals surface area (Å²) < 4.78 is 0. The normalized spacial score (nSPS) is 15.2. The van der Waals surface area contributed by atoms with Gasteiger partial charge in [-0.25, -0.2) is 9.98 Å². The van der Waals surface area contributed by atoms with E-state index in [4.69, 9.17) is 5.26 Å². The first-order valence-corrected chi connectivity index (χ1v) is 8.73. The smallest absolute Gasteiger partial charge is 0.269 e. The second kappa shape index (κ2) is 8.16. The fourth-order valence-electron chi connectivity index (χ4n) is 2.22. The highest BCUT2D eigenvalue weighted by molar-refractivity contribution is 7.14. The van der Waals surface area contributed by atoms with Gasteiger partial charge in [0, 0.05) is 23.4 Å². The van der Waals surface area contributed by atoms with E-state index >= 15 is 0 Å². The van der Waals surface area contributed by atoms with Crippen molar-refractivity contribution in [2.75, 3.05) is 10.6 Å². The van der Waals surface area contributed by atoms with Gasteiger partial charge in [-0.1, -0.05) is 6.08 Å². The Kier molecular flexibility index (Phi) is 5.49. The van der Waals surface area contributed by atoms with E-state index in [1.807, 2.05) is 6.07 Å². The molecule has 1 aliphatic heterocycles. The lowest BCUT2D eigenvalue weighted by Crippen LogP contribution is -2.24. The number of nitrogens with zero attached hydrogens (tertiary/aromatic N) is 3. The Bertz CT molecular complexity index is 969. The third kappa shape index (κ3) is 4.93. The Morgan fingerprint density at radius 1 is 1.22 bits per heavy atom. The van der Waals surface area contributed by atoms with E-state index in [9.17, 15) is 14.4 Å². The molecule has 9 heteroatoms. The first-order chi connectivity index (χ1) is 13.0. The Balaban J connectivity index is 1.54. The third-order valence-electron chi connectivity index (χ3n) is 3.53. The van der Waals surface area contributed by atoms with Crippen LogP contribution in [-0.2, 0) is 20.8 Å². The molecule has 2 aromatic rings. The maximum atomic E-state index is 12.1. The van der Waals surface area contributed by atoms with Crippen molar-refractivity contribution in [1.82, 2.24) is 4.98 Å². The molecule has 1 atom stereocenters. The number of carbonyl (C=O) groups is 3. The van der Waals surface area contributed by atoms with Crippen molar-refractivity contribution >= 4 is 46.1 Å². The summed E-state index contributed by atoms with van der Waals surface area (Å²) in [6.07, 6.45) is 4.03. The lowest BCUT2D eigenvalue weighted by molar-refractivity contribution is -0.117. The summed E-state index contributed by atoms with van der Waals surface area (Å²) in [5, 5.41) is 16.2. The fourth-order valence-corrected chi connectivity index (χ4v) is 2.93. The van der Waals surface area contributed by atoms with Gasteiger partial charge >= 0.3 is 0 Å². The number of dihydropyridines is 1. The van der Waals surface area contributed by atoms with Crippen molar-refractivity contribution in [2.45, 2.75) is 6.42 Å². The number of aliphatic imine (C=N–C) groups is 1. The average Bonchev–Trinajstić information content (AvgIpc) is 3.09. The summed E-state index contributed by atoms with van der Waals surface area (Å²) in [4.78, 5) is 43.0. The number of nitriles is 1. The molecule has 0 aliphatic carbocycles. The van der Waals surface area contributed by atoms with E-state index in [2.05, 4.69) is 20.6 Å². The molecular formula is C18H13N5O3S. The van der Waals surface area contributed by atoms with Gasteiger partial charge in [-0.3, -0.25) is 14.4 Å². The number of hydrogen-bond donors (Lipinski definition) is 2. The van der Waals surface area contributed by atoms with Crippen LogP contribution in [0.1, 0.15) is 11.3 Å². The molecule has 3 amide bonds. The van der Waals surface area contributed by atoms with E-state index < -0.39 is 11.8 Å². The molecule has 0 fully saturated rings. The van der Waals surface area contributed by atoms with Crippen LogP contribution in [0.2, 0.25) is 0 Å². The number of amides is 3. The van der Waals surface area contributed by atoms with Gasteiger partial charge in [0.1, 0.15) is 0 Å². The third-order valence-corrected chi connectivity index (χ3v) is 4.34. The summed E-state index contributed by atoms with van der Waals surface area (Å²) in [6.45, 7) is 0. The summed E-state index contributed by atoms with van der Waals surface area (Å²) in [6, 6.07) is 8.53. The van der Waals surface area contributed by atoms with Crippen LogP contribution < -0.4 is 10.6 Å². The summed E-state index contributed by atoms with van der Waals surface area (Å²) in [5.74, 6) is -1.65. The molecular weight excluding hydrogens is 366 g/mol. The topological polar surface area (TPSA) is 124 Å². The molecule has 2 N–H and O–H groups in total. The van der Waals surface area contributed by atoms with Crippen LogP contribution in [0, 0.1) is 17.2 Å². The van der Waals surface area contributed by atoms with Gasteiger partial charge < -0.3 is 10.6 Å². The SMILES string of the molecule is N#Cc1ccc(NC(=O)Cc2csc(NC(=O)C3C=CC(=O)N=C3)n2)cc1. The molecule has 1 aliphatic rings. The van der Waals surface area contributed by atoms with Crippen LogP contribution in [0.15, 0.2) is 46.8 Å². The monoisotopic (exact) mass is 379 g/mol. The zero-order valence-corrected chi connectivity index (χ0v) is 14.7. The molecule has 0 bridgehead atoms. The lowest BCUT2D eigenvalue weighted by Gasteiger charge is -2.08. The minimum Gasteiger partial charge on any atom is -0.326 e. The molecule has 8 nitrogen and oxygen atoms in total. The molecule has 1 unspecified atom stereocenters. The van der Waals surface area contributed by atoms with Gasteiger partial charge in [0.2, 0.25) is 11.8 Å². The Morgan fingerprint density at radius 3 is 2.67 bits per heavy atom. The standard InChI is InChI=1S/C18H13N5O3S/c19-8-11-1-4-13(5-2-11)21-16(25)7-14-10-27-18(22-14)23-17(26)12-3-6-15(24)20-9-12/h1-6,9-10,12H,7H2,(H,21,25)(H,22,23,26). The molecule has 0 spiro atoms. The van der Waals surface area contributed by atoms with Crippen LogP contribution in [0.3, 0.4) is 0 Å². The number of benzene rings is 1. The number of rotatable bonds is 5. The lowest BCUT2D eigenvalue weighted by atomic mass is 10.1. The van der Waals surface area contributed by atoms with Crippen molar-refractivity contribution < 1.29 is 14.4 Å². The number of hydrogen-bond acceptors (Lipinski definition) is 6. The molecule has 1 aromatic heterocycles. The summed E-state index contributed by atoms with van der Waals surface area (Å²) in [7, 11) is 0. The van der Waals surface area contributed by atoms with Crippen molar-refractivity contribution in [3.05, 3.63) is 53.1 Å². The first-order valence-electron chi connectivity index (χ1n) is 7.85. The number of nitrogens with one attached hydrogen (secondary N) is 2. The van der Waals surface area contributed by atoms with Gasteiger partial charge in [0.25, 0.3) is 5.91 Å². The minimum atomic E-state index is -0.630. The van der Waals surface area contributed by atoms with Crippen molar-refractivity contribution in [1.29, 1.82) is 5.26 Å². The van der Waals surface area contributed by atoms with Gasteiger partial charge in [0.15, 0.2) is 5.13 Å². The largest absolute Gasteiger partial charge is 0.326 e.